The highest BCUT2D eigenvalue weighted by molar-refractivity contribution is 6.30. The number of aromatic carboxylic acids is 1. The van der Waals surface area contributed by atoms with E-state index in [4.69, 9.17) is 16.3 Å². The summed E-state index contributed by atoms with van der Waals surface area (Å²) in [5.41, 5.74) is 1.40. The molecule has 1 aromatic heterocycles. The molecule has 0 aliphatic carbocycles. The summed E-state index contributed by atoms with van der Waals surface area (Å²) in [7, 11) is 1.53. The minimum Gasteiger partial charge on any atom is -0.496 e. The minimum atomic E-state index is -1.01. The summed E-state index contributed by atoms with van der Waals surface area (Å²) in [6.07, 6.45) is 0. The monoisotopic (exact) mass is 294 g/mol. The van der Waals surface area contributed by atoms with Gasteiger partial charge in [-0.2, -0.15) is 5.10 Å². The van der Waals surface area contributed by atoms with Gasteiger partial charge < -0.3 is 9.84 Å². The molecule has 106 valence electrons. The molecule has 0 atom stereocenters. The van der Waals surface area contributed by atoms with Crippen LogP contribution in [0.2, 0.25) is 5.02 Å². The van der Waals surface area contributed by atoms with Crippen LogP contribution < -0.4 is 4.74 Å². The van der Waals surface area contributed by atoms with Crippen LogP contribution in [0.4, 0.5) is 0 Å². The maximum Gasteiger partial charge on any atom is 0.354 e. The number of nitrogens with zero attached hydrogens (tertiary/aromatic N) is 2. The lowest BCUT2D eigenvalue weighted by Gasteiger charge is -2.08. The zero-order chi connectivity index (χ0) is 14.9. The summed E-state index contributed by atoms with van der Waals surface area (Å²) in [6, 6.07) is 6.64. The van der Waals surface area contributed by atoms with Crippen LogP contribution in [-0.2, 0) is 0 Å². The first-order chi connectivity index (χ1) is 9.43. The SMILES string of the molecule is COc1cc(Cl)ccc1-c1cc(C(=O)O)n(C(C)C)n1. The standard InChI is InChI=1S/C14H15ClN2O3/c1-8(2)17-12(14(18)19)7-11(16-17)10-5-4-9(15)6-13(10)20-3/h4-8H,1-3H3,(H,18,19). The van der Waals surface area contributed by atoms with Crippen molar-refractivity contribution in [1.82, 2.24) is 9.78 Å². The minimum absolute atomic E-state index is 0.0480. The highest BCUT2D eigenvalue weighted by Gasteiger charge is 2.19. The maximum absolute atomic E-state index is 11.3. The number of carboxylic acids is 1. The summed E-state index contributed by atoms with van der Waals surface area (Å²) in [4.78, 5) is 11.3. The van der Waals surface area contributed by atoms with Crippen molar-refractivity contribution in [3.63, 3.8) is 0 Å². The molecule has 0 radical (unpaired) electrons. The van der Waals surface area contributed by atoms with E-state index in [9.17, 15) is 9.90 Å². The van der Waals surface area contributed by atoms with Gasteiger partial charge in [-0.3, -0.25) is 4.68 Å². The van der Waals surface area contributed by atoms with Gasteiger partial charge in [0, 0.05) is 16.6 Å². The molecule has 0 aliphatic rings. The van der Waals surface area contributed by atoms with Gasteiger partial charge in [-0.15, -0.1) is 0 Å². The van der Waals surface area contributed by atoms with E-state index in [1.165, 1.54) is 17.9 Å². The number of methoxy groups -OCH3 is 1. The molecule has 1 aromatic carbocycles. The number of rotatable bonds is 4. The lowest BCUT2D eigenvalue weighted by molar-refractivity contribution is 0.0681. The Balaban J connectivity index is 2.59. The lowest BCUT2D eigenvalue weighted by atomic mass is 10.1. The second-order valence-corrected chi connectivity index (χ2v) is 5.04. The Morgan fingerprint density at radius 2 is 2.10 bits per heavy atom. The molecule has 0 aliphatic heterocycles. The van der Waals surface area contributed by atoms with Crippen molar-refractivity contribution >= 4 is 17.6 Å². The van der Waals surface area contributed by atoms with Crippen molar-refractivity contribution in [2.75, 3.05) is 7.11 Å². The van der Waals surface area contributed by atoms with Crippen molar-refractivity contribution in [2.45, 2.75) is 19.9 Å². The molecule has 2 rings (SSSR count). The van der Waals surface area contributed by atoms with E-state index < -0.39 is 5.97 Å². The topological polar surface area (TPSA) is 64.3 Å². The number of carbonyl (C=O) groups is 1. The molecule has 0 spiro atoms. The van der Waals surface area contributed by atoms with Gasteiger partial charge in [0.15, 0.2) is 0 Å². The number of ether oxygens (including phenoxy) is 1. The van der Waals surface area contributed by atoms with Crippen LogP contribution in [-0.4, -0.2) is 28.0 Å². The molecule has 0 unspecified atom stereocenters. The fourth-order valence-electron chi connectivity index (χ4n) is 1.96. The van der Waals surface area contributed by atoms with E-state index in [2.05, 4.69) is 5.10 Å². The van der Waals surface area contributed by atoms with Gasteiger partial charge in [0.1, 0.15) is 11.4 Å². The summed E-state index contributed by atoms with van der Waals surface area (Å²) >= 11 is 5.92. The molecule has 0 fully saturated rings. The Bertz CT molecular complexity index is 650. The Hall–Kier alpha value is -2.01. The van der Waals surface area contributed by atoms with E-state index in [0.717, 1.165) is 0 Å². The van der Waals surface area contributed by atoms with Gasteiger partial charge in [0.25, 0.3) is 0 Å². The number of carboxylic acid groups (broad SMARTS) is 1. The third-order valence-electron chi connectivity index (χ3n) is 2.88. The van der Waals surface area contributed by atoms with Crippen molar-refractivity contribution in [1.29, 1.82) is 0 Å². The second kappa shape index (κ2) is 5.54. The highest BCUT2D eigenvalue weighted by Crippen LogP contribution is 2.32. The van der Waals surface area contributed by atoms with Crippen LogP contribution in [0.3, 0.4) is 0 Å². The molecule has 0 bridgehead atoms. The van der Waals surface area contributed by atoms with Gasteiger partial charge in [-0.1, -0.05) is 11.6 Å². The van der Waals surface area contributed by atoms with Crippen LogP contribution in [0.25, 0.3) is 11.3 Å². The molecule has 1 heterocycles. The molecular weight excluding hydrogens is 280 g/mol. The third-order valence-corrected chi connectivity index (χ3v) is 3.12. The number of halogens is 1. The first-order valence-electron chi connectivity index (χ1n) is 6.10. The van der Waals surface area contributed by atoms with Gasteiger partial charge in [0.2, 0.25) is 0 Å². The highest BCUT2D eigenvalue weighted by atomic mass is 35.5. The first-order valence-corrected chi connectivity index (χ1v) is 6.48. The maximum atomic E-state index is 11.3. The third kappa shape index (κ3) is 2.63. The zero-order valence-electron chi connectivity index (χ0n) is 11.4. The fraction of sp³-hybridized carbons (Fsp3) is 0.286. The average molecular weight is 295 g/mol. The van der Waals surface area contributed by atoms with E-state index in [-0.39, 0.29) is 11.7 Å². The molecule has 5 nitrogen and oxygen atoms in total. The van der Waals surface area contributed by atoms with Gasteiger partial charge in [-0.25, -0.2) is 4.79 Å². The Morgan fingerprint density at radius 1 is 1.40 bits per heavy atom. The first kappa shape index (κ1) is 14.4. The molecule has 6 heteroatoms. The molecule has 1 N–H and O–H groups in total. The van der Waals surface area contributed by atoms with E-state index in [0.29, 0.717) is 22.0 Å². The Labute approximate surface area is 121 Å². The molecule has 2 aromatic rings. The lowest BCUT2D eigenvalue weighted by Crippen LogP contribution is -2.11. The van der Waals surface area contributed by atoms with Crippen molar-refractivity contribution in [2.24, 2.45) is 0 Å². The number of hydrogen-bond donors (Lipinski definition) is 1. The van der Waals surface area contributed by atoms with Gasteiger partial charge in [0.05, 0.1) is 12.8 Å². The average Bonchev–Trinajstić information content (AvgIpc) is 2.83. The Kier molecular flexibility index (Phi) is 3.99. The molecular formula is C14H15ClN2O3. The zero-order valence-corrected chi connectivity index (χ0v) is 12.2. The van der Waals surface area contributed by atoms with Gasteiger partial charge >= 0.3 is 5.97 Å². The largest absolute Gasteiger partial charge is 0.496 e. The number of hydrogen-bond acceptors (Lipinski definition) is 3. The van der Waals surface area contributed by atoms with Crippen LogP contribution in [0.5, 0.6) is 5.75 Å². The second-order valence-electron chi connectivity index (χ2n) is 4.60. The fourth-order valence-corrected chi connectivity index (χ4v) is 2.12. The summed E-state index contributed by atoms with van der Waals surface area (Å²) in [5.74, 6) is -0.451. The van der Waals surface area contributed by atoms with E-state index in [1.54, 1.807) is 18.2 Å². The molecule has 20 heavy (non-hydrogen) atoms. The quantitative estimate of drug-likeness (QED) is 0.937. The van der Waals surface area contributed by atoms with Crippen LogP contribution in [0, 0.1) is 0 Å². The molecule has 0 saturated heterocycles. The summed E-state index contributed by atoms with van der Waals surface area (Å²) < 4.78 is 6.75. The normalized spacial score (nSPS) is 10.8. The Morgan fingerprint density at radius 3 is 2.60 bits per heavy atom. The van der Waals surface area contributed by atoms with Crippen LogP contribution in [0.1, 0.15) is 30.4 Å². The number of aromatic nitrogens is 2. The van der Waals surface area contributed by atoms with Crippen LogP contribution >= 0.6 is 11.6 Å². The summed E-state index contributed by atoms with van der Waals surface area (Å²) in [5, 5.41) is 14.1. The van der Waals surface area contributed by atoms with Gasteiger partial charge in [-0.05, 0) is 38.1 Å². The molecule has 0 amide bonds. The summed E-state index contributed by atoms with van der Waals surface area (Å²) in [6.45, 7) is 3.75. The molecule has 0 saturated carbocycles. The van der Waals surface area contributed by atoms with Crippen molar-refractivity contribution in [3.8, 4) is 17.0 Å². The number of benzene rings is 1. The predicted octanol–water partition coefficient (Wildman–Crippen LogP) is 3.49. The van der Waals surface area contributed by atoms with E-state index >= 15 is 0 Å². The van der Waals surface area contributed by atoms with Crippen molar-refractivity contribution in [3.05, 3.63) is 35.0 Å². The van der Waals surface area contributed by atoms with Crippen LogP contribution in [0.15, 0.2) is 24.3 Å². The van der Waals surface area contributed by atoms with Crippen molar-refractivity contribution < 1.29 is 14.6 Å². The predicted molar refractivity (Wildman–Crippen MR) is 76.6 cm³/mol. The smallest absolute Gasteiger partial charge is 0.354 e. The van der Waals surface area contributed by atoms with E-state index in [1.807, 2.05) is 13.8 Å².